The molecule has 1 aromatic rings. The number of sulfonamides is 1. The number of carbonyl (C=O) groups excluding carboxylic acids is 1. The molecule has 1 aromatic carbocycles. The lowest BCUT2D eigenvalue weighted by Crippen LogP contribution is -2.41. The minimum absolute atomic E-state index is 0.0780. The summed E-state index contributed by atoms with van der Waals surface area (Å²) in [5.41, 5.74) is 0.161. The molecule has 0 radical (unpaired) electrons. The van der Waals surface area contributed by atoms with Gasteiger partial charge in [0.25, 0.3) is 0 Å². The van der Waals surface area contributed by atoms with Crippen LogP contribution in [0.2, 0.25) is 10.0 Å². The molecule has 6 nitrogen and oxygen atoms in total. The van der Waals surface area contributed by atoms with Crippen LogP contribution in [0.5, 0.6) is 0 Å². The molecule has 0 unspecified atom stereocenters. The molecule has 0 aliphatic heterocycles. The van der Waals surface area contributed by atoms with Gasteiger partial charge in [-0.2, -0.15) is 0 Å². The average Bonchev–Trinajstić information content (AvgIpc) is 2.39. The minimum Gasteiger partial charge on any atom is -0.383 e. The summed E-state index contributed by atoms with van der Waals surface area (Å²) in [6, 6.07) is 4.58. The van der Waals surface area contributed by atoms with E-state index in [1.165, 1.54) is 19.2 Å². The Balaban J connectivity index is 2.98. The molecule has 118 valence electrons. The first-order chi connectivity index (χ1) is 9.77. The highest BCUT2D eigenvalue weighted by atomic mass is 35.5. The zero-order valence-corrected chi connectivity index (χ0v) is 13.9. The van der Waals surface area contributed by atoms with Gasteiger partial charge in [0.05, 0.1) is 28.6 Å². The van der Waals surface area contributed by atoms with Crippen LogP contribution < -0.4 is 9.62 Å². The highest BCUT2D eigenvalue weighted by Gasteiger charge is 2.23. The van der Waals surface area contributed by atoms with E-state index in [0.717, 1.165) is 10.6 Å². The fraction of sp³-hybridized carbons (Fsp3) is 0.417. The average molecular weight is 355 g/mol. The second-order valence-electron chi connectivity index (χ2n) is 4.19. The second-order valence-corrected chi connectivity index (χ2v) is 6.88. The predicted octanol–water partition coefficient (Wildman–Crippen LogP) is 1.52. The summed E-state index contributed by atoms with van der Waals surface area (Å²) >= 11 is 11.9. The van der Waals surface area contributed by atoms with Gasteiger partial charge in [0.1, 0.15) is 6.54 Å². The molecule has 0 saturated heterocycles. The molecule has 0 heterocycles. The number of anilines is 1. The number of benzene rings is 1. The van der Waals surface area contributed by atoms with Gasteiger partial charge in [-0.3, -0.25) is 9.10 Å². The van der Waals surface area contributed by atoms with Crippen LogP contribution in [0.15, 0.2) is 18.2 Å². The Morgan fingerprint density at radius 3 is 2.62 bits per heavy atom. The van der Waals surface area contributed by atoms with E-state index in [1.54, 1.807) is 6.07 Å². The first kappa shape index (κ1) is 18.0. The third-order valence-electron chi connectivity index (χ3n) is 2.52. The lowest BCUT2D eigenvalue weighted by Gasteiger charge is -2.23. The summed E-state index contributed by atoms with van der Waals surface area (Å²) < 4.78 is 29.5. The number of nitrogens with zero attached hydrogens (tertiary/aromatic N) is 1. The molecule has 1 rings (SSSR count). The molecule has 0 atom stereocenters. The summed E-state index contributed by atoms with van der Waals surface area (Å²) in [4.78, 5) is 11.8. The number of rotatable bonds is 7. The molecule has 0 aromatic heterocycles. The van der Waals surface area contributed by atoms with Gasteiger partial charge in [0, 0.05) is 13.7 Å². The van der Waals surface area contributed by atoms with Gasteiger partial charge >= 0.3 is 0 Å². The Hall–Kier alpha value is -1.02. The van der Waals surface area contributed by atoms with Crippen LogP contribution in [0.3, 0.4) is 0 Å². The van der Waals surface area contributed by atoms with Gasteiger partial charge in [-0.15, -0.1) is 0 Å². The number of hydrogen-bond donors (Lipinski definition) is 1. The van der Waals surface area contributed by atoms with Gasteiger partial charge in [-0.05, 0) is 12.1 Å². The van der Waals surface area contributed by atoms with Gasteiger partial charge in [-0.1, -0.05) is 29.3 Å². The van der Waals surface area contributed by atoms with E-state index in [1.807, 2.05) is 0 Å². The first-order valence-electron chi connectivity index (χ1n) is 5.94. The van der Waals surface area contributed by atoms with Gasteiger partial charge in [-0.25, -0.2) is 8.42 Å². The van der Waals surface area contributed by atoms with Crippen LogP contribution in [0.25, 0.3) is 0 Å². The maximum absolute atomic E-state index is 11.9. The van der Waals surface area contributed by atoms with Crippen LogP contribution in [0.1, 0.15) is 0 Å². The molecule has 9 heteroatoms. The lowest BCUT2D eigenvalue weighted by molar-refractivity contribution is -0.119. The molecule has 0 aliphatic carbocycles. The van der Waals surface area contributed by atoms with Crippen molar-refractivity contribution in [2.45, 2.75) is 0 Å². The van der Waals surface area contributed by atoms with Crippen molar-refractivity contribution in [1.82, 2.24) is 5.32 Å². The Morgan fingerprint density at radius 1 is 1.38 bits per heavy atom. The Kier molecular flexibility index (Phi) is 6.73. The normalized spacial score (nSPS) is 11.2. The van der Waals surface area contributed by atoms with Gasteiger partial charge < -0.3 is 10.1 Å². The summed E-state index contributed by atoms with van der Waals surface area (Å²) in [5, 5.41) is 2.83. The van der Waals surface area contributed by atoms with Crippen molar-refractivity contribution in [3.05, 3.63) is 28.2 Å². The Morgan fingerprint density at radius 2 is 2.05 bits per heavy atom. The van der Waals surface area contributed by atoms with Crippen molar-refractivity contribution in [3.8, 4) is 0 Å². The number of nitrogens with one attached hydrogen (secondary N) is 1. The monoisotopic (exact) mass is 354 g/mol. The van der Waals surface area contributed by atoms with Crippen molar-refractivity contribution < 1.29 is 17.9 Å². The highest BCUT2D eigenvalue weighted by Crippen LogP contribution is 2.33. The Bertz CT molecular complexity index is 607. The van der Waals surface area contributed by atoms with Crippen molar-refractivity contribution in [2.75, 3.05) is 37.4 Å². The van der Waals surface area contributed by atoms with Gasteiger partial charge in [0.2, 0.25) is 15.9 Å². The standard InChI is InChI=1S/C12H16Cl2N2O4S/c1-20-7-6-15-11(17)8-16(21(2,18)19)10-5-3-4-9(13)12(10)14/h3-5H,6-8H2,1-2H3,(H,15,17). The van der Waals surface area contributed by atoms with Crippen molar-refractivity contribution >= 4 is 44.8 Å². The Labute approximate surface area is 134 Å². The van der Waals surface area contributed by atoms with E-state index >= 15 is 0 Å². The largest absolute Gasteiger partial charge is 0.383 e. The maximum atomic E-state index is 11.9. The van der Waals surface area contributed by atoms with Crippen LogP contribution in [-0.2, 0) is 19.6 Å². The van der Waals surface area contributed by atoms with Crippen LogP contribution in [-0.4, -0.2) is 47.4 Å². The molecule has 0 saturated carbocycles. The summed E-state index contributed by atoms with van der Waals surface area (Å²) in [5.74, 6) is -0.464. The van der Waals surface area contributed by atoms with E-state index in [-0.39, 0.29) is 28.8 Å². The fourth-order valence-corrected chi connectivity index (χ4v) is 2.85. The third kappa shape index (κ3) is 5.35. The molecule has 0 aliphatic rings. The summed E-state index contributed by atoms with van der Waals surface area (Å²) in [6.45, 7) is 0.237. The van der Waals surface area contributed by atoms with Crippen molar-refractivity contribution in [3.63, 3.8) is 0 Å². The van der Waals surface area contributed by atoms with Crippen LogP contribution in [0, 0.1) is 0 Å². The number of methoxy groups -OCH3 is 1. The number of ether oxygens (including phenoxy) is 1. The minimum atomic E-state index is -3.68. The summed E-state index contributed by atoms with van der Waals surface area (Å²) in [7, 11) is -2.18. The molecule has 1 amide bonds. The van der Waals surface area contributed by atoms with E-state index in [9.17, 15) is 13.2 Å². The van der Waals surface area contributed by atoms with Gasteiger partial charge in [0.15, 0.2) is 0 Å². The van der Waals surface area contributed by atoms with E-state index in [4.69, 9.17) is 27.9 Å². The first-order valence-corrected chi connectivity index (χ1v) is 8.55. The molecule has 0 spiro atoms. The smallest absolute Gasteiger partial charge is 0.240 e. The molecular formula is C12H16Cl2N2O4S. The second kappa shape index (κ2) is 7.84. The van der Waals surface area contributed by atoms with E-state index in [2.05, 4.69) is 5.32 Å². The van der Waals surface area contributed by atoms with E-state index in [0.29, 0.717) is 6.61 Å². The molecule has 1 N–H and O–H groups in total. The predicted molar refractivity (Wildman–Crippen MR) is 83.5 cm³/mol. The van der Waals surface area contributed by atoms with Crippen molar-refractivity contribution in [2.24, 2.45) is 0 Å². The maximum Gasteiger partial charge on any atom is 0.240 e. The third-order valence-corrected chi connectivity index (χ3v) is 4.45. The van der Waals surface area contributed by atoms with Crippen LogP contribution in [0.4, 0.5) is 5.69 Å². The fourth-order valence-electron chi connectivity index (χ4n) is 1.54. The number of carbonyl (C=O) groups is 1. The number of amides is 1. The molecule has 0 fully saturated rings. The molecule has 0 bridgehead atoms. The zero-order chi connectivity index (χ0) is 16.0. The lowest BCUT2D eigenvalue weighted by atomic mass is 10.3. The van der Waals surface area contributed by atoms with Crippen LogP contribution >= 0.6 is 23.2 Å². The quantitative estimate of drug-likeness (QED) is 0.753. The topological polar surface area (TPSA) is 75.7 Å². The van der Waals surface area contributed by atoms with Crippen molar-refractivity contribution in [1.29, 1.82) is 0 Å². The zero-order valence-electron chi connectivity index (χ0n) is 11.6. The number of hydrogen-bond acceptors (Lipinski definition) is 4. The summed E-state index contributed by atoms with van der Waals surface area (Å²) in [6.07, 6.45) is 0.993. The highest BCUT2D eigenvalue weighted by molar-refractivity contribution is 7.92. The molecule has 21 heavy (non-hydrogen) atoms. The molecular weight excluding hydrogens is 339 g/mol. The van der Waals surface area contributed by atoms with E-state index < -0.39 is 15.9 Å². The number of halogens is 2. The SMILES string of the molecule is COCCNC(=O)CN(c1cccc(Cl)c1Cl)S(C)(=O)=O.